The molecule has 1 saturated heterocycles. The maximum Gasteiger partial charge on any atom is 0.350 e. The zero-order valence-electron chi connectivity index (χ0n) is 12.6. The summed E-state index contributed by atoms with van der Waals surface area (Å²) in [6.45, 7) is 3.61. The SMILES string of the molecule is COC(=O)c1sc(NCC2CCOC3(CCC3)C2)nc1C. The zero-order chi connectivity index (χ0) is 14.9. The lowest BCUT2D eigenvalue weighted by atomic mass is 9.72. The first-order valence-corrected chi connectivity index (χ1v) is 8.37. The summed E-state index contributed by atoms with van der Waals surface area (Å²) >= 11 is 1.37. The van der Waals surface area contributed by atoms with Crippen molar-refractivity contribution in [3.8, 4) is 0 Å². The molecule has 21 heavy (non-hydrogen) atoms. The van der Waals surface area contributed by atoms with Crippen LogP contribution in [0.3, 0.4) is 0 Å². The van der Waals surface area contributed by atoms with Crippen molar-refractivity contribution in [2.24, 2.45) is 5.92 Å². The maximum atomic E-state index is 11.6. The van der Waals surface area contributed by atoms with Crippen molar-refractivity contribution in [3.63, 3.8) is 0 Å². The number of thiazole rings is 1. The van der Waals surface area contributed by atoms with E-state index in [0.717, 1.165) is 36.8 Å². The molecule has 0 bridgehead atoms. The molecule has 1 atom stereocenters. The topological polar surface area (TPSA) is 60.5 Å². The van der Waals surface area contributed by atoms with Gasteiger partial charge in [-0.3, -0.25) is 0 Å². The molecule has 1 aromatic heterocycles. The summed E-state index contributed by atoms with van der Waals surface area (Å²) in [5, 5.41) is 4.19. The molecule has 0 radical (unpaired) electrons. The van der Waals surface area contributed by atoms with Crippen molar-refractivity contribution in [1.82, 2.24) is 4.98 Å². The molecular formula is C15H22N2O3S. The number of hydrogen-bond acceptors (Lipinski definition) is 6. The highest BCUT2D eigenvalue weighted by Crippen LogP contribution is 2.44. The van der Waals surface area contributed by atoms with Gasteiger partial charge in [-0.05, 0) is 44.9 Å². The van der Waals surface area contributed by atoms with Gasteiger partial charge in [0.25, 0.3) is 0 Å². The van der Waals surface area contributed by atoms with Gasteiger partial charge in [0.1, 0.15) is 4.88 Å². The van der Waals surface area contributed by atoms with E-state index < -0.39 is 0 Å². The third kappa shape index (κ3) is 3.06. The number of nitrogens with one attached hydrogen (secondary N) is 1. The van der Waals surface area contributed by atoms with Crippen molar-refractivity contribution in [2.45, 2.75) is 44.6 Å². The second-order valence-electron chi connectivity index (χ2n) is 6.05. The number of carbonyl (C=O) groups is 1. The van der Waals surface area contributed by atoms with Gasteiger partial charge in [-0.25, -0.2) is 9.78 Å². The summed E-state index contributed by atoms with van der Waals surface area (Å²) in [7, 11) is 1.40. The molecule has 116 valence electrons. The van der Waals surface area contributed by atoms with Crippen LogP contribution in [0.1, 0.15) is 47.5 Å². The molecule has 1 unspecified atom stereocenters. The average Bonchev–Trinajstić information content (AvgIpc) is 2.84. The van der Waals surface area contributed by atoms with Crippen LogP contribution >= 0.6 is 11.3 Å². The maximum absolute atomic E-state index is 11.6. The van der Waals surface area contributed by atoms with E-state index in [0.29, 0.717) is 10.8 Å². The van der Waals surface area contributed by atoms with Crippen molar-refractivity contribution < 1.29 is 14.3 Å². The third-order valence-corrected chi connectivity index (χ3v) is 5.66. The molecule has 2 aliphatic rings. The summed E-state index contributed by atoms with van der Waals surface area (Å²) in [5.74, 6) is 0.322. The number of hydrogen-bond donors (Lipinski definition) is 1. The van der Waals surface area contributed by atoms with Crippen LogP contribution in [0.5, 0.6) is 0 Å². The van der Waals surface area contributed by atoms with Crippen LogP contribution in [0, 0.1) is 12.8 Å². The van der Waals surface area contributed by atoms with E-state index in [1.807, 2.05) is 6.92 Å². The van der Waals surface area contributed by atoms with Gasteiger partial charge in [-0.1, -0.05) is 11.3 Å². The minimum atomic E-state index is -0.308. The Bertz CT molecular complexity index is 525. The van der Waals surface area contributed by atoms with E-state index in [2.05, 4.69) is 10.3 Å². The van der Waals surface area contributed by atoms with Crippen molar-refractivity contribution in [1.29, 1.82) is 0 Å². The van der Waals surface area contributed by atoms with Crippen LogP contribution in [0.25, 0.3) is 0 Å². The quantitative estimate of drug-likeness (QED) is 0.866. The predicted octanol–water partition coefficient (Wildman–Crippen LogP) is 3.00. The van der Waals surface area contributed by atoms with Crippen LogP contribution in [-0.2, 0) is 9.47 Å². The third-order valence-electron chi connectivity index (χ3n) is 4.57. The molecule has 2 heterocycles. The molecule has 1 spiro atoms. The molecule has 1 aromatic rings. The Morgan fingerprint density at radius 2 is 2.38 bits per heavy atom. The Hall–Kier alpha value is -1.14. The van der Waals surface area contributed by atoms with Crippen LogP contribution < -0.4 is 5.32 Å². The largest absolute Gasteiger partial charge is 0.465 e. The Balaban J connectivity index is 1.56. The first-order chi connectivity index (χ1) is 10.1. The minimum absolute atomic E-state index is 0.181. The van der Waals surface area contributed by atoms with E-state index in [1.165, 1.54) is 37.7 Å². The summed E-state index contributed by atoms with van der Waals surface area (Å²) in [5.41, 5.74) is 0.914. The van der Waals surface area contributed by atoms with Crippen LogP contribution in [-0.4, -0.2) is 36.8 Å². The van der Waals surface area contributed by atoms with E-state index >= 15 is 0 Å². The molecular weight excluding hydrogens is 288 g/mol. The summed E-state index contributed by atoms with van der Waals surface area (Å²) in [6, 6.07) is 0. The van der Waals surface area contributed by atoms with E-state index in [1.54, 1.807) is 0 Å². The van der Waals surface area contributed by atoms with Crippen LogP contribution in [0.15, 0.2) is 0 Å². The predicted molar refractivity (Wildman–Crippen MR) is 81.9 cm³/mol. The highest BCUT2D eigenvalue weighted by Gasteiger charge is 2.42. The fourth-order valence-electron chi connectivity index (χ4n) is 3.21. The van der Waals surface area contributed by atoms with Crippen molar-refractivity contribution in [2.75, 3.05) is 25.6 Å². The Labute approximate surface area is 129 Å². The Morgan fingerprint density at radius 1 is 1.57 bits per heavy atom. The van der Waals surface area contributed by atoms with Gasteiger partial charge < -0.3 is 14.8 Å². The summed E-state index contributed by atoms with van der Waals surface area (Å²) in [4.78, 5) is 16.6. The highest BCUT2D eigenvalue weighted by atomic mass is 32.1. The minimum Gasteiger partial charge on any atom is -0.465 e. The second kappa shape index (κ2) is 5.93. The Kier molecular flexibility index (Phi) is 4.17. The number of nitrogens with zero attached hydrogens (tertiary/aromatic N) is 1. The smallest absolute Gasteiger partial charge is 0.350 e. The van der Waals surface area contributed by atoms with Gasteiger partial charge in [0.15, 0.2) is 5.13 Å². The number of methoxy groups -OCH3 is 1. The number of rotatable bonds is 4. The number of aromatic nitrogens is 1. The number of aryl methyl sites for hydroxylation is 1. The van der Waals surface area contributed by atoms with Gasteiger partial charge in [-0.15, -0.1) is 0 Å². The molecule has 3 rings (SSSR count). The molecule has 0 amide bonds. The van der Waals surface area contributed by atoms with Gasteiger partial charge in [0.2, 0.25) is 0 Å². The summed E-state index contributed by atoms with van der Waals surface area (Å²) < 4.78 is 10.7. The lowest BCUT2D eigenvalue weighted by Crippen LogP contribution is -2.46. The molecule has 6 heteroatoms. The lowest BCUT2D eigenvalue weighted by Gasteiger charge is -2.47. The first kappa shape index (κ1) is 14.8. The fourth-order valence-corrected chi connectivity index (χ4v) is 4.10. The van der Waals surface area contributed by atoms with Gasteiger partial charge in [0, 0.05) is 13.2 Å². The second-order valence-corrected chi connectivity index (χ2v) is 7.05. The van der Waals surface area contributed by atoms with Gasteiger partial charge in [0.05, 0.1) is 18.4 Å². The fraction of sp³-hybridized carbons (Fsp3) is 0.733. The Morgan fingerprint density at radius 3 is 3.05 bits per heavy atom. The van der Waals surface area contributed by atoms with E-state index in [-0.39, 0.29) is 11.6 Å². The molecule has 1 aliphatic heterocycles. The van der Waals surface area contributed by atoms with Crippen LogP contribution in [0.2, 0.25) is 0 Å². The number of ether oxygens (including phenoxy) is 2. The van der Waals surface area contributed by atoms with Crippen molar-refractivity contribution in [3.05, 3.63) is 10.6 Å². The molecule has 1 N–H and O–H groups in total. The zero-order valence-corrected chi connectivity index (χ0v) is 13.4. The number of esters is 1. The van der Waals surface area contributed by atoms with Crippen molar-refractivity contribution >= 4 is 22.4 Å². The monoisotopic (exact) mass is 310 g/mol. The molecule has 1 saturated carbocycles. The van der Waals surface area contributed by atoms with Gasteiger partial charge in [-0.2, -0.15) is 0 Å². The van der Waals surface area contributed by atoms with E-state index in [9.17, 15) is 4.79 Å². The molecule has 2 fully saturated rings. The average molecular weight is 310 g/mol. The molecule has 1 aliphatic carbocycles. The summed E-state index contributed by atoms with van der Waals surface area (Å²) in [6.07, 6.45) is 5.98. The molecule has 0 aromatic carbocycles. The van der Waals surface area contributed by atoms with Crippen LogP contribution in [0.4, 0.5) is 5.13 Å². The van der Waals surface area contributed by atoms with E-state index in [4.69, 9.17) is 9.47 Å². The van der Waals surface area contributed by atoms with Gasteiger partial charge >= 0.3 is 5.97 Å². The first-order valence-electron chi connectivity index (χ1n) is 7.55. The number of carbonyl (C=O) groups excluding carboxylic acids is 1. The normalized spacial score (nSPS) is 23.6. The number of anilines is 1. The highest BCUT2D eigenvalue weighted by molar-refractivity contribution is 7.17. The lowest BCUT2D eigenvalue weighted by molar-refractivity contribution is -0.141. The standard InChI is InChI=1S/C15H22N2O3S/c1-10-12(13(18)19-2)21-14(17-10)16-9-11-4-7-20-15(8-11)5-3-6-15/h11H,3-9H2,1-2H3,(H,16,17). The molecule has 5 nitrogen and oxygen atoms in total.